The highest BCUT2D eigenvalue weighted by atomic mass is 16.7. The first kappa shape index (κ1) is 19.4. The number of urea groups is 1. The molecule has 2 N–H and O–H groups in total. The van der Waals surface area contributed by atoms with E-state index in [0.29, 0.717) is 12.5 Å². The summed E-state index contributed by atoms with van der Waals surface area (Å²) < 4.78 is 11.9. The highest BCUT2D eigenvalue weighted by molar-refractivity contribution is 5.90. The minimum Gasteiger partial charge on any atom is -0.348 e. The van der Waals surface area contributed by atoms with Crippen LogP contribution in [0.3, 0.4) is 0 Å². The second-order valence-electron chi connectivity index (χ2n) is 7.61. The van der Waals surface area contributed by atoms with Gasteiger partial charge in [0.25, 0.3) is 0 Å². The number of ether oxygens (including phenoxy) is 2. The van der Waals surface area contributed by atoms with E-state index in [9.17, 15) is 4.79 Å². The molecule has 144 valence electrons. The van der Waals surface area contributed by atoms with Crippen LogP contribution in [0.5, 0.6) is 0 Å². The Balaban J connectivity index is 1.74. The third-order valence-corrected chi connectivity index (χ3v) is 4.66. The minimum absolute atomic E-state index is 0.263. The summed E-state index contributed by atoms with van der Waals surface area (Å²) in [7, 11) is 0. The van der Waals surface area contributed by atoms with Gasteiger partial charge in [0.2, 0.25) is 0 Å². The average molecular weight is 368 g/mol. The van der Waals surface area contributed by atoms with Gasteiger partial charge in [-0.3, -0.25) is 0 Å². The number of nitrogens with one attached hydrogen (secondary N) is 2. The molecule has 0 aromatic heterocycles. The summed E-state index contributed by atoms with van der Waals surface area (Å²) in [6, 6.07) is 17.2. The molecule has 0 radical (unpaired) electrons. The highest BCUT2D eigenvalue weighted by Gasteiger charge is 2.38. The number of hydrogen-bond donors (Lipinski definition) is 2. The molecule has 27 heavy (non-hydrogen) atoms. The van der Waals surface area contributed by atoms with Crippen LogP contribution in [-0.4, -0.2) is 24.5 Å². The first-order valence-corrected chi connectivity index (χ1v) is 9.39. The van der Waals surface area contributed by atoms with E-state index in [1.807, 2.05) is 68.4 Å². The number of carbonyl (C=O) groups is 1. The highest BCUT2D eigenvalue weighted by Crippen LogP contribution is 2.33. The number of carbonyl (C=O) groups excluding carboxylic acids is 1. The molecule has 2 atom stereocenters. The Morgan fingerprint density at radius 2 is 1.74 bits per heavy atom. The molecule has 1 saturated heterocycles. The van der Waals surface area contributed by atoms with Crippen LogP contribution in [0.1, 0.15) is 50.8 Å². The van der Waals surface area contributed by atoms with Gasteiger partial charge in [0.15, 0.2) is 5.79 Å². The first-order chi connectivity index (χ1) is 12.9. The third kappa shape index (κ3) is 4.87. The summed E-state index contributed by atoms with van der Waals surface area (Å²) >= 11 is 0. The Labute approximate surface area is 161 Å². The number of amides is 2. The standard InChI is InChI=1S/C22H28N2O3/c1-15(2)17-12-8-9-13-18(17)23-21(25)24-19-14-26-22(3,4)27-20(19)16-10-6-5-7-11-16/h5-13,15,19-20H,14H2,1-4H3,(H2,23,24,25)/t19-,20-/m0/s1. The average Bonchev–Trinajstić information content (AvgIpc) is 2.64. The molecule has 5 heteroatoms. The van der Waals surface area contributed by atoms with Crippen LogP contribution in [0.2, 0.25) is 0 Å². The lowest BCUT2D eigenvalue weighted by molar-refractivity contribution is -0.284. The number of hydrogen-bond acceptors (Lipinski definition) is 3. The van der Waals surface area contributed by atoms with Gasteiger partial charge in [-0.25, -0.2) is 4.79 Å². The minimum atomic E-state index is -0.695. The van der Waals surface area contributed by atoms with Crippen molar-refractivity contribution in [2.45, 2.75) is 51.5 Å². The molecule has 0 unspecified atom stereocenters. The Bertz CT molecular complexity index is 774. The topological polar surface area (TPSA) is 59.6 Å². The van der Waals surface area contributed by atoms with Gasteiger partial charge in [-0.1, -0.05) is 62.4 Å². The summed E-state index contributed by atoms with van der Waals surface area (Å²) in [5, 5.41) is 5.99. The Kier molecular flexibility index (Phi) is 5.82. The van der Waals surface area contributed by atoms with Crippen LogP contribution in [0.15, 0.2) is 54.6 Å². The van der Waals surface area contributed by atoms with Crippen molar-refractivity contribution in [2.75, 3.05) is 11.9 Å². The fourth-order valence-corrected chi connectivity index (χ4v) is 3.30. The van der Waals surface area contributed by atoms with Crippen LogP contribution in [0.4, 0.5) is 10.5 Å². The van der Waals surface area contributed by atoms with Crippen molar-refractivity contribution >= 4 is 11.7 Å². The van der Waals surface area contributed by atoms with Crippen molar-refractivity contribution in [3.05, 3.63) is 65.7 Å². The zero-order valence-corrected chi connectivity index (χ0v) is 16.4. The molecule has 2 aromatic carbocycles. The second kappa shape index (κ2) is 8.11. The van der Waals surface area contributed by atoms with E-state index in [4.69, 9.17) is 9.47 Å². The Morgan fingerprint density at radius 1 is 1.07 bits per heavy atom. The lowest BCUT2D eigenvalue weighted by Gasteiger charge is -2.41. The molecule has 3 rings (SSSR count). The summed E-state index contributed by atoms with van der Waals surface area (Å²) in [4.78, 5) is 12.7. The SMILES string of the molecule is CC(C)c1ccccc1NC(=O)N[C@H]1COC(C)(C)O[C@H]1c1ccccc1. The van der Waals surface area contributed by atoms with E-state index in [-0.39, 0.29) is 18.2 Å². The zero-order valence-electron chi connectivity index (χ0n) is 16.4. The van der Waals surface area contributed by atoms with E-state index in [0.717, 1.165) is 16.8 Å². The normalized spacial score (nSPS) is 21.7. The van der Waals surface area contributed by atoms with E-state index >= 15 is 0 Å². The molecule has 1 aliphatic heterocycles. The van der Waals surface area contributed by atoms with E-state index in [2.05, 4.69) is 24.5 Å². The van der Waals surface area contributed by atoms with Crippen molar-refractivity contribution in [3.63, 3.8) is 0 Å². The van der Waals surface area contributed by atoms with Crippen molar-refractivity contribution in [3.8, 4) is 0 Å². The number of anilines is 1. The van der Waals surface area contributed by atoms with Gasteiger partial charge in [-0.2, -0.15) is 0 Å². The van der Waals surface area contributed by atoms with Crippen molar-refractivity contribution in [1.29, 1.82) is 0 Å². The number of rotatable bonds is 4. The molecule has 0 saturated carbocycles. The molecule has 5 nitrogen and oxygen atoms in total. The molecule has 0 bridgehead atoms. The maximum absolute atomic E-state index is 12.7. The molecular formula is C22H28N2O3. The summed E-state index contributed by atoms with van der Waals surface area (Å²) in [5.74, 6) is -0.375. The molecule has 2 amide bonds. The quantitative estimate of drug-likeness (QED) is 0.813. The molecule has 1 aliphatic rings. The molecular weight excluding hydrogens is 340 g/mol. The van der Waals surface area contributed by atoms with E-state index < -0.39 is 5.79 Å². The van der Waals surface area contributed by atoms with E-state index in [1.165, 1.54) is 0 Å². The van der Waals surface area contributed by atoms with Gasteiger partial charge >= 0.3 is 6.03 Å². The Morgan fingerprint density at radius 3 is 2.44 bits per heavy atom. The molecule has 1 fully saturated rings. The van der Waals surface area contributed by atoms with Gasteiger partial charge in [-0.15, -0.1) is 0 Å². The predicted molar refractivity (Wildman–Crippen MR) is 107 cm³/mol. The first-order valence-electron chi connectivity index (χ1n) is 9.39. The molecule has 0 aliphatic carbocycles. The van der Waals surface area contributed by atoms with Crippen molar-refractivity contribution in [2.24, 2.45) is 0 Å². The van der Waals surface area contributed by atoms with Crippen molar-refractivity contribution in [1.82, 2.24) is 5.32 Å². The van der Waals surface area contributed by atoms with Crippen LogP contribution < -0.4 is 10.6 Å². The lowest BCUT2D eigenvalue weighted by atomic mass is 10.0. The van der Waals surface area contributed by atoms with Gasteiger partial charge in [0.1, 0.15) is 6.10 Å². The van der Waals surface area contributed by atoms with Gasteiger partial charge in [-0.05, 0) is 37.0 Å². The van der Waals surface area contributed by atoms with Gasteiger partial charge in [0, 0.05) is 5.69 Å². The van der Waals surface area contributed by atoms with Crippen molar-refractivity contribution < 1.29 is 14.3 Å². The number of benzene rings is 2. The zero-order chi connectivity index (χ0) is 19.4. The molecule has 0 spiro atoms. The second-order valence-corrected chi connectivity index (χ2v) is 7.61. The van der Waals surface area contributed by atoms with E-state index in [1.54, 1.807) is 0 Å². The Hall–Kier alpha value is -2.37. The predicted octanol–water partition coefficient (Wildman–Crippen LogP) is 4.82. The summed E-state index contributed by atoms with van der Waals surface area (Å²) in [6.07, 6.45) is -0.277. The van der Waals surface area contributed by atoms with Crippen LogP contribution in [0, 0.1) is 0 Å². The van der Waals surface area contributed by atoms with Gasteiger partial charge in [0.05, 0.1) is 12.6 Å². The largest absolute Gasteiger partial charge is 0.348 e. The maximum Gasteiger partial charge on any atom is 0.319 e. The van der Waals surface area contributed by atoms with Crippen LogP contribution in [0.25, 0.3) is 0 Å². The molecule has 2 aromatic rings. The third-order valence-electron chi connectivity index (χ3n) is 4.66. The smallest absolute Gasteiger partial charge is 0.319 e. The van der Waals surface area contributed by atoms with Crippen LogP contribution in [-0.2, 0) is 9.47 Å². The van der Waals surface area contributed by atoms with Crippen LogP contribution >= 0.6 is 0 Å². The fraction of sp³-hybridized carbons (Fsp3) is 0.409. The summed E-state index contributed by atoms with van der Waals surface area (Å²) in [5.41, 5.74) is 2.94. The lowest BCUT2D eigenvalue weighted by Crippen LogP contribution is -2.52. The fourth-order valence-electron chi connectivity index (χ4n) is 3.30. The monoisotopic (exact) mass is 368 g/mol. The number of para-hydroxylation sites is 1. The molecule has 1 heterocycles. The summed E-state index contributed by atoms with van der Waals surface area (Å²) in [6.45, 7) is 8.37. The van der Waals surface area contributed by atoms with Gasteiger partial charge < -0.3 is 20.1 Å². The maximum atomic E-state index is 12.7.